The van der Waals surface area contributed by atoms with Crippen LogP contribution < -0.4 is 11.1 Å². The molecule has 4 heteroatoms. The van der Waals surface area contributed by atoms with E-state index in [1.807, 2.05) is 49.4 Å². The largest absolute Gasteiger partial charge is 0.348 e. The Morgan fingerprint density at radius 1 is 1.25 bits per heavy atom. The number of carbonyl (C=O) groups excluding carboxylic acids is 1. The second kappa shape index (κ2) is 5.84. The summed E-state index contributed by atoms with van der Waals surface area (Å²) in [6, 6.07) is 13.0. The lowest BCUT2D eigenvalue weighted by Crippen LogP contribution is -2.49. The van der Waals surface area contributed by atoms with Gasteiger partial charge in [0.25, 0.3) is 0 Å². The molecule has 0 aliphatic heterocycles. The molecule has 4 nitrogen and oxygen atoms in total. The van der Waals surface area contributed by atoms with Gasteiger partial charge in [0.05, 0.1) is 6.04 Å². The average molecular weight is 269 g/mol. The Labute approximate surface area is 119 Å². The van der Waals surface area contributed by atoms with Crippen molar-refractivity contribution >= 4 is 5.91 Å². The lowest BCUT2D eigenvalue weighted by molar-refractivity contribution is -0.126. The molecule has 1 unspecified atom stereocenters. The van der Waals surface area contributed by atoms with Gasteiger partial charge in [-0.25, -0.2) is 0 Å². The van der Waals surface area contributed by atoms with Gasteiger partial charge in [-0.2, -0.15) is 0 Å². The fourth-order valence-corrected chi connectivity index (χ4v) is 1.98. The standard InChI is InChI=1S/C16H19N3O/c1-12(13-7-6-10-18-11-13)19-15(20)16(2,17)14-8-4-3-5-9-14/h3-12H,17H2,1-2H3,(H,19,20)/t12-,16?/m0/s1. The third-order valence-electron chi connectivity index (χ3n) is 3.38. The molecule has 1 aromatic heterocycles. The number of nitrogens with one attached hydrogen (secondary N) is 1. The molecule has 104 valence electrons. The summed E-state index contributed by atoms with van der Waals surface area (Å²) in [5.74, 6) is -0.208. The Morgan fingerprint density at radius 3 is 2.55 bits per heavy atom. The van der Waals surface area contributed by atoms with Crippen LogP contribution in [-0.2, 0) is 10.3 Å². The highest BCUT2D eigenvalue weighted by molar-refractivity contribution is 5.87. The zero-order valence-electron chi connectivity index (χ0n) is 11.7. The number of nitrogens with zero attached hydrogens (tertiary/aromatic N) is 1. The van der Waals surface area contributed by atoms with Crippen LogP contribution in [0.3, 0.4) is 0 Å². The van der Waals surface area contributed by atoms with Gasteiger partial charge >= 0.3 is 0 Å². The molecule has 1 aromatic carbocycles. The van der Waals surface area contributed by atoms with Gasteiger partial charge < -0.3 is 11.1 Å². The number of nitrogens with two attached hydrogens (primary N) is 1. The average Bonchev–Trinajstić information content (AvgIpc) is 2.49. The van der Waals surface area contributed by atoms with Gasteiger partial charge in [0, 0.05) is 12.4 Å². The first-order chi connectivity index (χ1) is 9.51. The van der Waals surface area contributed by atoms with Crippen LogP contribution in [-0.4, -0.2) is 10.9 Å². The number of pyridine rings is 1. The van der Waals surface area contributed by atoms with Gasteiger partial charge in [-0.15, -0.1) is 0 Å². The van der Waals surface area contributed by atoms with Crippen molar-refractivity contribution < 1.29 is 4.79 Å². The maximum absolute atomic E-state index is 12.4. The van der Waals surface area contributed by atoms with E-state index in [9.17, 15) is 4.79 Å². The van der Waals surface area contributed by atoms with Crippen molar-refractivity contribution in [3.63, 3.8) is 0 Å². The molecule has 2 atom stereocenters. The second-order valence-electron chi connectivity index (χ2n) is 5.05. The minimum Gasteiger partial charge on any atom is -0.348 e. The number of carbonyl (C=O) groups is 1. The molecule has 0 saturated carbocycles. The van der Waals surface area contributed by atoms with E-state index in [0.29, 0.717) is 0 Å². The lowest BCUT2D eigenvalue weighted by atomic mass is 9.92. The van der Waals surface area contributed by atoms with E-state index in [0.717, 1.165) is 11.1 Å². The fraction of sp³-hybridized carbons (Fsp3) is 0.250. The summed E-state index contributed by atoms with van der Waals surface area (Å²) in [4.78, 5) is 16.4. The molecular formula is C16H19N3O. The van der Waals surface area contributed by atoms with Crippen molar-refractivity contribution in [2.75, 3.05) is 0 Å². The summed E-state index contributed by atoms with van der Waals surface area (Å²) in [5, 5.41) is 2.93. The number of amides is 1. The van der Waals surface area contributed by atoms with Crippen LogP contribution in [0.2, 0.25) is 0 Å². The van der Waals surface area contributed by atoms with Gasteiger partial charge in [0.2, 0.25) is 5.91 Å². The molecule has 0 aliphatic carbocycles. The topological polar surface area (TPSA) is 68.0 Å². The molecule has 0 saturated heterocycles. The maximum Gasteiger partial charge on any atom is 0.244 e. The predicted octanol–water partition coefficient (Wildman–Crippen LogP) is 2.13. The van der Waals surface area contributed by atoms with Crippen molar-refractivity contribution in [1.82, 2.24) is 10.3 Å². The van der Waals surface area contributed by atoms with Gasteiger partial charge in [-0.05, 0) is 31.0 Å². The lowest BCUT2D eigenvalue weighted by Gasteiger charge is -2.26. The van der Waals surface area contributed by atoms with Gasteiger partial charge in [0.15, 0.2) is 0 Å². The monoisotopic (exact) mass is 269 g/mol. The van der Waals surface area contributed by atoms with Crippen LogP contribution in [0.5, 0.6) is 0 Å². The van der Waals surface area contributed by atoms with Gasteiger partial charge in [0.1, 0.15) is 5.54 Å². The third kappa shape index (κ3) is 3.03. The van der Waals surface area contributed by atoms with Crippen LogP contribution in [0.4, 0.5) is 0 Å². The summed E-state index contributed by atoms with van der Waals surface area (Å²) in [6.07, 6.45) is 3.44. The molecule has 2 aromatic rings. The molecule has 2 rings (SSSR count). The van der Waals surface area contributed by atoms with Crippen LogP contribution >= 0.6 is 0 Å². The van der Waals surface area contributed by atoms with E-state index in [1.54, 1.807) is 19.3 Å². The van der Waals surface area contributed by atoms with Crippen molar-refractivity contribution in [3.8, 4) is 0 Å². The first kappa shape index (κ1) is 14.2. The zero-order chi connectivity index (χ0) is 14.6. The molecule has 20 heavy (non-hydrogen) atoms. The quantitative estimate of drug-likeness (QED) is 0.893. The highest BCUT2D eigenvalue weighted by Gasteiger charge is 2.31. The summed E-state index contributed by atoms with van der Waals surface area (Å²) in [6.45, 7) is 3.63. The number of aromatic nitrogens is 1. The van der Waals surface area contributed by atoms with Crippen molar-refractivity contribution in [3.05, 3.63) is 66.0 Å². The van der Waals surface area contributed by atoms with Gasteiger partial charge in [-0.3, -0.25) is 9.78 Å². The van der Waals surface area contributed by atoms with E-state index in [2.05, 4.69) is 10.3 Å². The Kier molecular flexibility index (Phi) is 4.15. The fourth-order valence-electron chi connectivity index (χ4n) is 1.98. The van der Waals surface area contributed by atoms with E-state index in [1.165, 1.54) is 0 Å². The summed E-state index contributed by atoms with van der Waals surface area (Å²) in [7, 11) is 0. The Bertz CT molecular complexity index is 567. The highest BCUT2D eigenvalue weighted by atomic mass is 16.2. The van der Waals surface area contributed by atoms with Crippen molar-refractivity contribution in [2.24, 2.45) is 5.73 Å². The van der Waals surface area contributed by atoms with E-state index < -0.39 is 5.54 Å². The third-order valence-corrected chi connectivity index (χ3v) is 3.38. The first-order valence-electron chi connectivity index (χ1n) is 6.57. The maximum atomic E-state index is 12.4. The van der Waals surface area contributed by atoms with Crippen LogP contribution in [0.25, 0.3) is 0 Å². The molecule has 0 fully saturated rings. The summed E-state index contributed by atoms with van der Waals surface area (Å²) >= 11 is 0. The molecule has 0 aliphatic rings. The molecule has 0 spiro atoms. The second-order valence-corrected chi connectivity index (χ2v) is 5.05. The summed E-state index contributed by atoms with van der Waals surface area (Å²) < 4.78 is 0. The number of rotatable bonds is 4. The van der Waals surface area contributed by atoms with Crippen LogP contribution in [0, 0.1) is 0 Å². The molecular weight excluding hydrogens is 250 g/mol. The Morgan fingerprint density at radius 2 is 1.95 bits per heavy atom. The first-order valence-corrected chi connectivity index (χ1v) is 6.57. The van der Waals surface area contributed by atoms with Crippen molar-refractivity contribution in [2.45, 2.75) is 25.4 Å². The molecule has 0 bridgehead atoms. The normalized spacial score (nSPS) is 15.2. The predicted molar refractivity (Wildman–Crippen MR) is 78.8 cm³/mol. The van der Waals surface area contributed by atoms with Crippen LogP contribution in [0.1, 0.15) is 31.0 Å². The summed E-state index contributed by atoms with van der Waals surface area (Å²) in [5.41, 5.74) is 6.86. The van der Waals surface area contributed by atoms with E-state index >= 15 is 0 Å². The Balaban J connectivity index is 2.12. The zero-order valence-corrected chi connectivity index (χ0v) is 11.7. The van der Waals surface area contributed by atoms with Crippen LogP contribution in [0.15, 0.2) is 54.9 Å². The van der Waals surface area contributed by atoms with E-state index in [4.69, 9.17) is 5.73 Å². The van der Waals surface area contributed by atoms with Gasteiger partial charge in [-0.1, -0.05) is 36.4 Å². The van der Waals surface area contributed by atoms with E-state index in [-0.39, 0.29) is 11.9 Å². The van der Waals surface area contributed by atoms with Crippen molar-refractivity contribution in [1.29, 1.82) is 0 Å². The molecule has 0 radical (unpaired) electrons. The molecule has 3 N–H and O–H groups in total. The number of hydrogen-bond donors (Lipinski definition) is 2. The SMILES string of the molecule is C[C@H](NC(=O)C(C)(N)c1ccccc1)c1cccnc1. The minimum absolute atomic E-state index is 0.136. The smallest absolute Gasteiger partial charge is 0.244 e. The highest BCUT2D eigenvalue weighted by Crippen LogP contribution is 2.19. The number of benzene rings is 1. The number of hydrogen-bond acceptors (Lipinski definition) is 3. The minimum atomic E-state index is -1.06. The molecule has 1 amide bonds. The Hall–Kier alpha value is -2.20. The molecule has 1 heterocycles.